The fourth-order valence-corrected chi connectivity index (χ4v) is 2.45. The molecule has 9 nitrogen and oxygen atoms in total. The third-order valence-corrected chi connectivity index (χ3v) is 3.64. The van der Waals surface area contributed by atoms with E-state index in [4.69, 9.17) is 4.74 Å². The number of carbonyl (C=O) groups excluding carboxylic acids is 2. The molecule has 0 spiro atoms. The average Bonchev–Trinajstić information content (AvgIpc) is 2.99. The van der Waals surface area contributed by atoms with Gasteiger partial charge < -0.3 is 9.47 Å². The molecule has 2 aromatic rings. The second kappa shape index (κ2) is 8.15. The van der Waals surface area contributed by atoms with Crippen LogP contribution < -0.4 is 10.1 Å². The first-order valence-electron chi connectivity index (χ1n) is 6.77. The lowest BCUT2D eigenvalue weighted by molar-refractivity contribution is -0.385. The molecule has 0 aliphatic heterocycles. The van der Waals surface area contributed by atoms with Crippen LogP contribution in [0.2, 0.25) is 0 Å². The predicted molar refractivity (Wildman–Crippen MR) is 85.0 cm³/mol. The summed E-state index contributed by atoms with van der Waals surface area (Å²) in [6.07, 6.45) is -0.0329. The summed E-state index contributed by atoms with van der Waals surface area (Å²) >= 11 is 1.09. The SMILES string of the molecule is COC(=O)Cc1csc(NC(=O)COc2cc(F)ccc2[N+](=O)[O-])n1. The Bertz CT molecular complexity index is 810. The van der Waals surface area contributed by atoms with Crippen LogP contribution in [-0.4, -0.2) is 35.5 Å². The molecule has 1 aromatic carbocycles. The monoisotopic (exact) mass is 369 g/mol. The molecule has 25 heavy (non-hydrogen) atoms. The van der Waals surface area contributed by atoms with Gasteiger partial charge in [-0.25, -0.2) is 9.37 Å². The second-order valence-electron chi connectivity index (χ2n) is 4.60. The van der Waals surface area contributed by atoms with Crippen LogP contribution in [0.25, 0.3) is 0 Å². The van der Waals surface area contributed by atoms with Crippen LogP contribution in [0.15, 0.2) is 23.6 Å². The number of hydrogen-bond acceptors (Lipinski definition) is 8. The van der Waals surface area contributed by atoms with Gasteiger partial charge in [-0.15, -0.1) is 11.3 Å². The normalized spacial score (nSPS) is 10.2. The first kappa shape index (κ1) is 18.3. The van der Waals surface area contributed by atoms with Crippen molar-refractivity contribution in [3.8, 4) is 5.75 Å². The van der Waals surface area contributed by atoms with Gasteiger partial charge in [0.2, 0.25) is 5.75 Å². The van der Waals surface area contributed by atoms with Crippen molar-refractivity contribution in [2.75, 3.05) is 19.0 Å². The van der Waals surface area contributed by atoms with Gasteiger partial charge >= 0.3 is 11.7 Å². The number of thiazole rings is 1. The minimum Gasteiger partial charge on any atom is -0.477 e. The molecule has 0 saturated carbocycles. The smallest absolute Gasteiger partial charge is 0.311 e. The van der Waals surface area contributed by atoms with Gasteiger partial charge in [0, 0.05) is 17.5 Å². The van der Waals surface area contributed by atoms with Crippen LogP contribution in [0.1, 0.15) is 5.69 Å². The number of amides is 1. The minimum atomic E-state index is -0.743. The Hall–Kier alpha value is -3.08. The molecule has 0 saturated heterocycles. The Kier molecular flexibility index (Phi) is 5.95. The molecule has 0 atom stereocenters. The van der Waals surface area contributed by atoms with Crippen molar-refractivity contribution >= 4 is 34.0 Å². The van der Waals surface area contributed by atoms with E-state index in [1.54, 1.807) is 5.38 Å². The van der Waals surface area contributed by atoms with E-state index >= 15 is 0 Å². The van der Waals surface area contributed by atoms with E-state index < -0.39 is 34.9 Å². The molecule has 0 fully saturated rings. The summed E-state index contributed by atoms with van der Waals surface area (Å²) < 4.78 is 22.7. The third-order valence-electron chi connectivity index (χ3n) is 2.83. The van der Waals surface area contributed by atoms with Crippen LogP contribution in [0, 0.1) is 15.9 Å². The van der Waals surface area contributed by atoms with E-state index in [1.165, 1.54) is 7.11 Å². The Balaban J connectivity index is 1.94. The van der Waals surface area contributed by atoms with Gasteiger partial charge in [0.05, 0.1) is 24.1 Å². The van der Waals surface area contributed by atoms with Crippen molar-refractivity contribution in [1.29, 1.82) is 0 Å². The number of rotatable bonds is 7. The number of halogens is 1. The summed E-state index contributed by atoms with van der Waals surface area (Å²) in [5.41, 5.74) is -0.0300. The van der Waals surface area contributed by atoms with Crippen molar-refractivity contribution in [3.05, 3.63) is 45.2 Å². The number of nitrogens with one attached hydrogen (secondary N) is 1. The fraction of sp³-hybridized carbons (Fsp3) is 0.214. The number of carbonyl (C=O) groups is 2. The van der Waals surface area contributed by atoms with Gasteiger partial charge in [0.15, 0.2) is 11.7 Å². The quantitative estimate of drug-likeness (QED) is 0.450. The Morgan fingerprint density at radius 1 is 1.44 bits per heavy atom. The zero-order valence-corrected chi connectivity index (χ0v) is 13.7. The van der Waals surface area contributed by atoms with Crippen LogP contribution in [0.5, 0.6) is 5.75 Å². The first-order chi connectivity index (χ1) is 11.9. The standard InChI is InChI=1S/C14H12FN3O6S/c1-23-13(20)5-9-7-25-14(16-9)17-12(19)6-24-11-4-8(15)2-3-10(11)18(21)22/h2-4,7H,5-6H2,1H3,(H,16,17,19). The number of hydrogen-bond donors (Lipinski definition) is 1. The van der Waals surface area contributed by atoms with E-state index in [2.05, 4.69) is 15.0 Å². The molecular formula is C14H12FN3O6S. The van der Waals surface area contributed by atoms with E-state index in [9.17, 15) is 24.1 Å². The average molecular weight is 369 g/mol. The van der Waals surface area contributed by atoms with Crippen LogP contribution in [0.4, 0.5) is 15.2 Å². The van der Waals surface area contributed by atoms with Crippen molar-refractivity contribution in [2.24, 2.45) is 0 Å². The molecule has 2 rings (SSSR count). The molecule has 11 heteroatoms. The lowest BCUT2D eigenvalue weighted by atomic mass is 10.3. The van der Waals surface area contributed by atoms with Gasteiger partial charge in [-0.05, 0) is 6.07 Å². The lowest BCUT2D eigenvalue weighted by Crippen LogP contribution is -2.20. The summed E-state index contributed by atoms with van der Waals surface area (Å²) in [5.74, 6) is -2.19. The van der Waals surface area contributed by atoms with Gasteiger partial charge in [0.1, 0.15) is 5.82 Å². The van der Waals surface area contributed by atoms with E-state index in [0.717, 1.165) is 29.5 Å². The Labute approximate surface area is 144 Å². The molecule has 0 bridgehead atoms. The van der Waals surface area contributed by atoms with E-state index in [-0.39, 0.29) is 17.3 Å². The molecular weight excluding hydrogens is 357 g/mol. The van der Waals surface area contributed by atoms with Crippen molar-refractivity contribution < 1.29 is 28.4 Å². The van der Waals surface area contributed by atoms with Gasteiger partial charge in [0.25, 0.3) is 5.91 Å². The number of methoxy groups -OCH3 is 1. The van der Waals surface area contributed by atoms with Crippen molar-refractivity contribution in [1.82, 2.24) is 4.98 Å². The maximum Gasteiger partial charge on any atom is 0.311 e. The Morgan fingerprint density at radius 2 is 2.20 bits per heavy atom. The lowest BCUT2D eigenvalue weighted by Gasteiger charge is -2.06. The van der Waals surface area contributed by atoms with E-state index in [0.29, 0.717) is 5.69 Å². The zero-order valence-electron chi connectivity index (χ0n) is 12.9. The van der Waals surface area contributed by atoms with Crippen molar-refractivity contribution in [3.63, 3.8) is 0 Å². The van der Waals surface area contributed by atoms with Crippen LogP contribution in [-0.2, 0) is 20.7 Å². The number of nitro groups is 1. The maximum atomic E-state index is 13.2. The third kappa shape index (κ3) is 5.21. The first-order valence-corrected chi connectivity index (χ1v) is 7.65. The second-order valence-corrected chi connectivity index (χ2v) is 5.46. The molecule has 1 N–H and O–H groups in total. The molecule has 0 radical (unpaired) electrons. The van der Waals surface area contributed by atoms with Gasteiger partial charge in [-0.2, -0.15) is 0 Å². The van der Waals surface area contributed by atoms with Gasteiger partial charge in [-0.3, -0.25) is 25.0 Å². The summed E-state index contributed by atoms with van der Waals surface area (Å²) in [7, 11) is 1.25. The number of nitrogens with zero attached hydrogens (tertiary/aromatic N) is 2. The number of anilines is 1. The van der Waals surface area contributed by atoms with E-state index in [1.807, 2.05) is 0 Å². The highest BCUT2D eigenvalue weighted by Gasteiger charge is 2.17. The molecule has 1 amide bonds. The van der Waals surface area contributed by atoms with Crippen LogP contribution in [0.3, 0.4) is 0 Å². The molecule has 0 aliphatic rings. The molecule has 1 aromatic heterocycles. The fourth-order valence-electron chi connectivity index (χ4n) is 1.72. The summed E-state index contributed by atoms with van der Waals surface area (Å²) in [5, 5.41) is 15.1. The van der Waals surface area contributed by atoms with Crippen LogP contribution >= 0.6 is 11.3 Å². The number of aromatic nitrogens is 1. The number of ether oxygens (including phenoxy) is 2. The van der Waals surface area contributed by atoms with Crippen molar-refractivity contribution in [2.45, 2.75) is 6.42 Å². The maximum absolute atomic E-state index is 13.2. The number of esters is 1. The highest BCUT2D eigenvalue weighted by atomic mass is 32.1. The molecule has 1 heterocycles. The minimum absolute atomic E-state index is 0.0329. The summed E-state index contributed by atoms with van der Waals surface area (Å²) in [6, 6.07) is 2.69. The summed E-state index contributed by atoms with van der Waals surface area (Å²) in [4.78, 5) is 37.1. The zero-order chi connectivity index (χ0) is 18.4. The molecule has 0 aliphatic carbocycles. The molecule has 132 valence electrons. The molecule has 0 unspecified atom stereocenters. The summed E-state index contributed by atoms with van der Waals surface area (Å²) in [6.45, 7) is -0.573. The Morgan fingerprint density at radius 3 is 2.88 bits per heavy atom. The van der Waals surface area contributed by atoms with Gasteiger partial charge in [-0.1, -0.05) is 0 Å². The highest BCUT2D eigenvalue weighted by molar-refractivity contribution is 7.13. The largest absolute Gasteiger partial charge is 0.477 e. The number of nitro benzene ring substituents is 1. The predicted octanol–water partition coefficient (Wildman–Crippen LogP) is 1.92. The topological polar surface area (TPSA) is 121 Å². The number of benzene rings is 1. The highest BCUT2D eigenvalue weighted by Crippen LogP contribution is 2.27.